The molecule has 0 radical (unpaired) electrons. The number of rotatable bonds is 5. The van der Waals surface area contributed by atoms with Crippen LogP contribution >= 0.6 is 0 Å². The predicted molar refractivity (Wildman–Crippen MR) is 92.1 cm³/mol. The van der Waals surface area contributed by atoms with Crippen molar-refractivity contribution in [2.75, 3.05) is 13.1 Å². The molecule has 0 N–H and O–H groups in total. The first kappa shape index (κ1) is 18.5. The second kappa shape index (κ2) is 6.99. The second-order valence-electron chi connectivity index (χ2n) is 5.91. The summed E-state index contributed by atoms with van der Waals surface area (Å²) in [6, 6.07) is 18.7. The lowest BCUT2D eigenvalue weighted by Gasteiger charge is -2.28. The molecule has 0 saturated heterocycles. The smallest absolute Gasteiger partial charge is 0.177 e. The summed E-state index contributed by atoms with van der Waals surface area (Å²) in [6.45, 7) is 4.55. The first-order chi connectivity index (χ1) is 12.6. The first-order valence-corrected chi connectivity index (χ1v) is 8.17. The van der Waals surface area contributed by atoms with Gasteiger partial charge in [0.05, 0.1) is 23.9 Å². The van der Waals surface area contributed by atoms with Crippen LogP contribution < -0.4 is 0 Å². The van der Waals surface area contributed by atoms with Crippen molar-refractivity contribution in [3.8, 4) is 30.3 Å². The lowest BCUT2D eigenvalue weighted by molar-refractivity contribution is 0.330. The van der Waals surface area contributed by atoms with E-state index in [4.69, 9.17) is 0 Å². The van der Waals surface area contributed by atoms with Crippen LogP contribution in [0.25, 0.3) is 0 Å². The SMILES string of the molecule is CCN(CC)C(=C(C#N)C#N)[C@@]1(C#N)[C@H](c2ccccc2)C1(C#N)C#N. The van der Waals surface area contributed by atoms with Crippen LogP contribution in [-0.2, 0) is 0 Å². The van der Waals surface area contributed by atoms with Crippen molar-refractivity contribution in [3.05, 3.63) is 47.2 Å². The molecule has 1 aromatic carbocycles. The lowest BCUT2D eigenvalue weighted by Crippen LogP contribution is -2.31. The molecular weight excluding hydrogens is 324 g/mol. The predicted octanol–water partition coefficient (Wildman–Crippen LogP) is 2.97. The quantitative estimate of drug-likeness (QED) is 0.759. The van der Waals surface area contributed by atoms with Crippen LogP contribution in [0, 0.1) is 67.5 Å². The average molecular weight is 340 g/mol. The molecule has 1 aliphatic rings. The van der Waals surface area contributed by atoms with Crippen molar-refractivity contribution < 1.29 is 0 Å². The fourth-order valence-electron chi connectivity index (χ4n) is 3.76. The summed E-state index contributed by atoms with van der Waals surface area (Å²) < 4.78 is 0. The van der Waals surface area contributed by atoms with Gasteiger partial charge in [0, 0.05) is 19.0 Å². The molecular formula is C20H16N6. The number of nitriles is 5. The maximum absolute atomic E-state index is 10.1. The Bertz CT molecular complexity index is 908. The van der Waals surface area contributed by atoms with E-state index in [1.807, 2.05) is 38.1 Å². The van der Waals surface area contributed by atoms with Crippen molar-refractivity contribution in [3.63, 3.8) is 0 Å². The van der Waals surface area contributed by atoms with Crippen molar-refractivity contribution >= 4 is 0 Å². The zero-order valence-corrected chi connectivity index (χ0v) is 14.6. The molecule has 6 heteroatoms. The number of nitrogens with zero attached hydrogens (tertiary/aromatic N) is 6. The van der Waals surface area contributed by atoms with E-state index in [0.29, 0.717) is 18.7 Å². The highest BCUT2D eigenvalue weighted by Gasteiger charge is 2.83. The molecule has 0 spiro atoms. The fourth-order valence-corrected chi connectivity index (χ4v) is 3.76. The van der Waals surface area contributed by atoms with E-state index in [2.05, 4.69) is 6.07 Å². The van der Waals surface area contributed by atoms with Gasteiger partial charge in [0.15, 0.2) is 11.0 Å². The van der Waals surface area contributed by atoms with E-state index in [1.165, 1.54) is 0 Å². The van der Waals surface area contributed by atoms with Gasteiger partial charge in [0.2, 0.25) is 0 Å². The molecule has 0 unspecified atom stereocenters. The Hall–Kier alpha value is -3.79. The minimum Gasteiger partial charge on any atom is -0.372 e. The molecule has 1 saturated carbocycles. The average Bonchev–Trinajstić information content (AvgIpc) is 3.32. The van der Waals surface area contributed by atoms with E-state index in [-0.39, 0.29) is 11.3 Å². The third-order valence-corrected chi connectivity index (χ3v) is 4.98. The number of hydrogen-bond donors (Lipinski definition) is 0. The molecule has 0 heterocycles. The summed E-state index contributed by atoms with van der Waals surface area (Å²) in [5.74, 6) is -0.733. The third kappa shape index (κ3) is 2.20. The van der Waals surface area contributed by atoms with Gasteiger partial charge in [-0.3, -0.25) is 0 Å². The Kier molecular flexibility index (Phi) is 4.98. The van der Waals surface area contributed by atoms with Gasteiger partial charge in [-0.25, -0.2) is 0 Å². The third-order valence-electron chi connectivity index (χ3n) is 4.98. The second-order valence-corrected chi connectivity index (χ2v) is 5.91. The normalized spacial score (nSPS) is 21.7. The van der Waals surface area contributed by atoms with E-state index in [9.17, 15) is 26.3 Å². The van der Waals surface area contributed by atoms with E-state index in [0.717, 1.165) is 0 Å². The number of allylic oxidation sites excluding steroid dienone is 2. The molecule has 26 heavy (non-hydrogen) atoms. The van der Waals surface area contributed by atoms with Gasteiger partial charge in [-0.2, -0.15) is 26.3 Å². The van der Waals surface area contributed by atoms with Gasteiger partial charge in [-0.05, 0) is 19.4 Å². The molecule has 1 fully saturated rings. The first-order valence-electron chi connectivity index (χ1n) is 8.17. The molecule has 2 atom stereocenters. The highest BCUT2D eigenvalue weighted by molar-refractivity contribution is 5.63. The van der Waals surface area contributed by atoms with E-state index >= 15 is 0 Å². The topological polar surface area (TPSA) is 122 Å². The van der Waals surface area contributed by atoms with Crippen LogP contribution in [0.4, 0.5) is 0 Å². The molecule has 126 valence electrons. The molecule has 0 aromatic heterocycles. The minimum atomic E-state index is -1.65. The molecule has 6 nitrogen and oxygen atoms in total. The van der Waals surface area contributed by atoms with Crippen LogP contribution in [-0.4, -0.2) is 18.0 Å². The number of benzene rings is 1. The van der Waals surface area contributed by atoms with Crippen LogP contribution in [0.3, 0.4) is 0 Å². The Morgan fingerprint density at radius 1 is 0.923 bits per heavy atom. The Morgan fingerprint density at radius 3 is 1.85 bits per heavy atom. The van der Waals surface area contributed by atoms with Gasteiger partial charge in [-0.1, -0.05) is 30.3 Å². The summed E-state index contributed by atoms with van der Waals surface area (Å²) in [5.41, 5.74) is -2.61. The molecule has 0 amide bonds. The van der Waals surface area contributed by atoms with Crippen LogP contribution in [0.5, 0.6) is 0 Å². The molecule has 0 aliphatic heterocycles. The Labute approximate surface area is 153 Å². The van der Waals surface area contributed by atoms with Crippen molar-refractivity contribution in [2.24, 2.45) is 10.8 Å². The van der Waals surface area contributed by atoms with Gasteiger partial charge in [0.25, 0.3) is 0 Å². The lowest BCUT2D eigenvalue weighted by atomic mass is 9.88. The van der Waals surface area contributed by atoms with Crippen molar-refractivity contribution in [1.82, 2.24) is 4.90 Å². The minimum absolute atomic E-state index is 0.173. The van der Waals surface area contributed by atoms with Crippen LogP contribution in [0.15, 0.2) is 41.6 Å². The molecule has 2 rings (SSSR count). The standard InChI is InChI=1S/C20H16N6/c1-3-26(4-2)18(16(10-21)11-22)20(14-25)17(19(20,12-23)13-24)15-8-6-5-7-9-15/h5-9,17H,3-4H2,1-2H3/t17-,20-/m1/s1. The molecule has 1 aromatic rings. The summed E-state index contributed by atoms with van der Waals surface area (Å²) in [5, 5.41) is 48.7. The zero-order chi connectivity index (χ0) is 19.4. The monoisotopic (exact) mass is 340 g/mol. The van der Waals surface area contributed by atoms with E-state index < -0.39 is 16.7 Å². The van der Waals surface area contributed by atoms with Crippen molar-refractivity contribution in [2.45, 2.75) is 19.8 Å². The fraction of sp³-hybridized carbons (Fsp3) is 0.350. The van der Waals surface area contributed by atoms with Gasteiger partial charge in [0.1, 0.15) is 17.6 Å². The summed E-state index contributed by atoms with van der Waals surface area (Å²) >= 11 is 0. The molecule has 1 aliphatic carbocycles. The van der Waals surface area contributed by atoms with Crippen molar-refractivity contribution in [1.29, 1.82) is 26.3 Å². The van der Waals surface area contributed by atoms with Crippen LogP contribution in [0.1, 0.15) is 25.3 Å². The summed E-state index contributed by atoms with van der Waals surface area (Å²) in [7, 11) is 0. The summed E-state index contributed by atoms with van der Waals surface area (Å²) in [6.07, 6.45) is 0. The van der Waals surface area contributed by atoms with E-state index in [1.54, 1.807) is 35.2 Å². The summed E-state index contributed by atoms with van der Waals surface area (Å²) in [4.78, 5) is 1.72. The maximum atomic E-state index is 10.1. The van der Waals surface area contributed by atoms with Crippen LogP contribution in [0.2, 0.25) is 0 Å². The largest absolute Gasteiger partial charge is 0.372 e. The Morgan fingerprint density at radius 2 is 1.46 bits per heavy atom. The van der Waals surface area contributed by atoms with Gasteiger partial charge < -0.3 is 4.90 Å². The highest BCUT2D eigenvalue weighted by Crippen LogP contribution is 2.77. The molecule has 0 bridgehead atoms. The zero-order valence-electron chi connectivity index (χ0n) is 14.6. The number of hydrogen-bond acceptors (Lipinski definition) is 6. The Balaban J connectivity index is 2.89. The maximum Gasteiger partial charge on any atom is 0.177 e. The highest BCUT2D eigenvalue weighted by atomic mass is 15.2. The van der Waals surface area contributed by atoms with Gasteiger partial charge in [-0.15, -0.1) is 0 Å². The van der Waals surface area contributed by atoms with Gasteiger partial charge >= 0.3 is 0 Å².